The minimum atomic E-state index is -0.462. The van der Waals surface area contributed by atoms with Crippen molar-refractivity contribution in [1.82, 2.24) is 4.90 Å². The third kappa shape index (κ3) is 1.95. The van der Waals surface area contributed by atoms with E-state index in [0.29, 0.717) is 6.04 Å². The highest BCUT2D eigenvalue weighted by Crippen LogP contribution is 2.25. The van der Waals surface area contributed by atoms with Crippen molar-refractivity contribution in [3.63, 3.8) is 0 Å². The predicted octanol–water partition coefficient (Wildman–Crippen LogP) is -0.419. The van der Waals surface area contributed by atoms with Crippen molar-refractivity contribution in [2.75, 3.05) is 20.7 Å². The molecule has 1 saturated carbocycles. The van der Waals surface area contributed by atoms with Crippen molar-refractivity contribution in [2.24, 2.45) is 5.73 Å². The Labute approximate surface area is 72.7 Å². The van der Waals surface area contributed by atoms with Gasteiger partial charge in [0.2, 0.25) is 0 Å². The van der Waals surface area contributed by atoms with Gasteiger partial charge in [0, 0.05) is 26.7 Å². The van der Waals surface area contributed by atoms with Gasteiger partial charge in [0.25, 0.3) is 5.91 Å². The van der Waals surface area contributed by atoms with Crippen LogP contribution in [0, 0.1) is 0 Å². The molecule has 12 heavy (non-hydrogen) atoms. The first kappa shape index (κ1) is 9.48. The van der Waals surface area contributed by atoms with Gasteiger partial charge in [-0.05, 0) is 12.8 Å². The number of carbonyl (C=O) groups excluding carboxylic acids is 1. The summed E-state index contributed by atoms with van der Waals surface area (Å²) in [6, 6.07) is 0.432. The van der Waals surface area contributed by atoms with E-state index in [4.69, 9.17) is 10.5 Å². The van der Waals surface area contributed by atoms with E-state index in [0.717, 1.165) is 12.8 Å². The summed E-state index contributed by atoms with van der Waals surface area (Å²) in [5, 5.41) is 0. The van der Waals surface area contributed by atoms with Gasteiger partial charge in [0.05, 0.1) is 0 Å². The highest BCUT2D eigenvalue weighted by atomic mass is 16.5. The normalized spacial score (nSPS) is 18.9. The lowest BCUT2D eigenvalue weighted by Crippen LogP contribution is -2.42. The van der Waals surface area contributed by atoms with E-state index in [-0.39, 0.29) is 12.5 Å². The number of hydrogen-bond donors (Lipinski definition) is 1. The summed E-state index contributed by atoms with van der Waals surface area (Å²) in [5.74, 6) is 0.00231. The lowest BCUT2D eigenvalue weighted by Gasteiger charge is -2.21. The molecule has 0 radical (unpaired) electrons. The Hall–Kier alpha value is -0.610. The minimum absolute atomic E-state index is 0.00231. The molecule has 70 valence electrons. The zero-order valence-electron chi connectivity index (χ0n) is 7.62. The van der Waals surface area contributed by atoms with Crippen molar-refractivity contribution >= 4 is 5.91 Å². The first-order chi connectivity index (χ1) is 5.70. The fourth-order valence-electron chi connectivity index (χ4n) is 1.17. The van der Waals surface area contributed by atoms with Crippen molar-refractivity contribution < 1.29 is 9.53 Å². The first-order valence-electron chi connectivity index (χ1n) is 4.20. The van der Waals surface area contributed by atoms with Gasteiger partial charge in [-0.2, -0.15) is 0 Å². The monoisotopic (exact) mass is 172 g/mol. The first-order valence-corrected chi connectivity index (χ1v) is 4.20. The summed E-state index contributed by atoms with van der Waals surface area (Å²) in [6.07, 6.45) is 1.77. The van der Waals surface area contributed by atoms with Gasteiger partial charge in [0.1, 0.15) is 6.10 Å². The average molecular weight is 172 g/mol. The Morgan fingerprint density at radius 3 is 2.67 bits per heavy atom. The molecule has 1 amide bonds. The summed E-state index contributed by atoms with van der Waals surface area (Å²) in [6.45, 7) is 0.256. The summed E-state index contributed by atoms with van der Waals surface area (Å²) in [4.78, 5) is 13.2. The minimum Gasteiger partial charge on any atom is -0.370 e. The van der Waals surface area contributed by atoms with E-state index in [1.54, 1.807) is 4.90 Å². The van der Waals surface area contributed by atoms with E-state index in [2.05, 4.69) is 0 Å². The number of nitrogens with two attached hydrogens (primary N) is 1. The molecule has 0 heterocycles. The molecule has 0 spiro atoms. The smallest absolute Gasteiger partial charge is 0.252 e. The number of carbonyl (C=O) groups is 1. The second-order valence-electron chi connectivity index (χ2n) is 3.14. The Bertz CT molecular complexity index is 160. The molecule has 4 heteroatoms. The molecule has 0 aromatic heterocycles. The Morgan fingerprint density at radius 2 is 2.33 bits per heavy atom. The van der Waals surface area contributed by atoms with Gasteiger partial charge >= 0.3 is 0 Å². The lowest BCUT2D eigenvalue weighted by molar-refractivity contribution is -0.140. The third-order valence-electron chi connectivity index (χ3n) is 2.22. The summed E-state index contributed by atoms with van der Waals surface area (Å²) >= 11 is 0. The largest absolute Gasteiger partial charge is 0.370 e. The van der Waals surface area contributed by atoms with Crippen LogP contribution in [0.4, 0.5) is 0 Å². The third-order valence-corrected chi connectivity index (χ3v) is 2.22. The van der Waals surface area contributed by atoms with Crippen LogP contribution in [0.3, 0.4) is 0 Å². The zero-order chi connectivity index (χ0) is 9.14. The Morgan fingerprint density at radius 1 is 1.75 bits per heavy atom. The number of hydrogen-bond acceptors (Lipinski definition) is 3. The van der Waals surface area contributed by atoms with Crippen molar-refractivity contribution in [3.8, 4) is 0 Å². The number of methoxy groups -OCH3 is 1. The zero-order valence-corrected chi connectivity index (χ0v) is 7.62. The van der Waals surface area contributed by atoms with Crippen LogP contribution in [0.15, 0.2) is 0 Å². The molecule has 0 aromatic carbocycles. The lowest BCUT2D eigenvalue weighted by atomic mass is 10.3. The van der Waals surface area contributed by atoms with Crippen LogP contribution in [0.2, 0.25) is 0 Å². The van der Waals surface area contributed by atoms with Crippen molar-refractivity contribution in [3.05, 3.63) is 0 Å². The molecular weight excluding hydrogens is 156 g/mol. The van der Waals surface area contributed by atoms with E-state index in [9.17, 15) is 4.79 Å². The topological polar surface area (TPSA) is 55.6 Å². The quantitative estimate of drug-likeness (QED) is 0.626. The maximum Gasteiger partial charge on any atom is 0.252 e. The molecule has 1 aliphatic carbocycles. The van der Waals surface area contributed by atoms with E-state index >= 15 is 0 Å². The number of rotatable bonds is 4. The highest BCUT2D eigenvalue weighted by Gasteiger charge is 2.32. The van der Waals surface area contributed by atoms with Crippen LogP contribution in [-0.2, 0) is 9.53 Å². The number of nitrogens with zero attached hydrogens (tertiary/aromatic N) is 1. The molecule has 2 N–H and O–H groups in total. The van der Waals surface area contributed by atoms with Crippen LogP contribution in [0.1, 0.15) is 12.8 Å². The van der Waals surface area contributed by atoms with Crippen molar-refractivity contribution in [1.29, 1.82) is 0 Å². The van der Waals surface area contributed by atoms with Crippen LogP contribution < -0.4 is 5.73 Å². The Balaban J connectivity index is 2.42. The predicted molar refractivity (Wildman–Crippen MR) is 45.6 cm³/mol. The van der Waals surface area contributed by atoms with Crippen LogP contribution >= 0.6 is 0 Å². The van der Waals surface area contributed by atoms with Crippen LogP contribution in [0.25, 0.3) is 0 Å². The number of likely N-dealkylation sites (N-methyl/N-ethyl adjacent to an activating group) is 1. The standard InChI is InChI=1S/C8H16N2O2/c1-10(6-3-4-6)8(11)7(5-9)12-2/h6-7H,3-5,9H2,1-2H3. The number of amides is 1. The molecule has 1 unspecified atom stereocenters. The van der Waals surface area contributed by atoms with Gasteiger partial charge in [-0.15, -0.1) is 0 Å². The Kier molecular flexibility index (Phi) is 3.05. The van der Waals surface area contributed by atoms with Gasteiger partial charge in [-0.3, -0.25) is 4.79 Å². The SMILES string of the molecule is COC(CN)C(=O)N(C)C1CC1. The van der Waals surface area contributed by atoms with E-state index in [1.165, 1.54) is 7.11 Å². The molecular formula is C8H16N2O2. The van der Waals surface area contributed by atoms with Gasteiger partial charge in [-0.1, -0.05) is 0 Å². The summed E-state index contributed by atoms with van der Waals surface area (Å²) < 4.78 is 4.94. The average Bonchev–Trinajstić information content (AvgIpc) is 2.87. The van der Waals surface area contributed by atoms with Gasteiger partial charge < -0.3 is 15.4 Å². The molecule has 4 nitrogen and oxygen atoms in total. The van der Waals surface area contributed by atoms with Crippen LogP contribution in [-0.4, -0.2) is 43.7 Å². The molecule has 0 aromatic rings. The second kappa shape index (κ2) is 3.87. The maximum atomic E-state index is 11.5. The number of ether oxygens (including phenoxy) is 1. The molecule has 1 atom stereocenters. The van der Waals surface area contributed by atoms with Gasteiger partial charge in [0.15, 0.2) is 0 Å². The van der Waals surface area contributed by atoms with E-state index < -0.39 is 6.10 Å². The fraction of sp³-hybridized carbons (Fsp3) is 0.875. The van der Waals surface area contributed by atoms with Crippen molar-refractivity contribution in [2.45, 2.75) is 25.0 Å². The second-order valence-corrected chi connectivity index (χ2v) is 3.14. The fourth-order valence-corrected chi connectivity index (χ4v) is 1.17. The highest BCUT2D eigenvalue weighted by molar-refractivity contribution is 5.81. The summed E-state index contributed by atoms with van der Waals surface area (Å²) in [7, 11) is 3.32. The molecule has 1 fully saturated rings. The molecule has 1 aliphatic rings. The maximum absolute atomic E-state index is 11.5. The van der Waals surface area contributed by atoms with Gasteiger partial charge in [-0.25, -0.2) is 0 Å². The summed E-state index contributed by atoms with van der Waals surface area (Å²) in [5.41, 5.74) is 5.37. The molecule has 0 aliphatic heterocycles. The van der Waals surface area contributed by atoms with E-state index in [1.807, 2.05) is 7.05 Å². The molecule has 0 bridgehead atoms. The molecule has 0 saturated heterocycles. The van der Waals surface area contributed by atoms with Crippen LogP contribution in [0.5, 0.6) is 0 Å². The molecule has 1 rings (SSSR count).